The molecule has 0 aromatic heterocycles. The van der Waals surface area contributed by atoms with Gasteiger partial charge in [0.1, 0.15) is 5.78 Å². The third kappa shape index (κ3) is 1.00. The van der Waals surface area contributed by atoms with Crippen LogP contribution in [-0.2, 0) is 4.79 Å². The smallest absolute Gasteiger partial charge is 0.136 e. The molecule has 1 saturated heterocycles. The lowest BCUT2D eigenvalue weighted by molar-refractivity contribution is -0.129. The Morgan fingerprint density at radius 2 is 2.18 bits per heavy atom. The maximum Gasteiger partial charge on any atom is 0.136 e. The number of nitrogens with zero attached hydrogens (tertiary/aromatic N) is 1. The average Bonchev–Trinajstić information content (AvgIpc) is 1.91. The summed E-state index contributed by atoms with van der Waals surface area (Å²) in [5, 5.41) is 0. The Morgan fingerprint density at radius 1 is 1.45 bits per heavy atom. The van der Waals surface area contributed by atoms with Crippen molar-refractivity contribution in [1.29, 1.82) is 0 Å². The highest BCUT2D eigenvalue weighted by molar-refractivity contribution is 5.80. The van der Waals surface area contributed by atoms with Gasteiger partial charge in [0, 0.05) is 24.9 Å². The second-order valence-corrected chi connectivity index (χ2v) is 3.96. The molecule has 0 aromatic carbocycles. The van der Waals surface area contributed by atoms with Gasteiger partial charge in [-0.25, -0.2) is 0 Å². The third-order valence-corrected chi connectivity index (χ3v) is 3.35. The minimum atomic E-state index is 0.315. The Labute approximate surface area is 67.6 Å². The third-order valence-electron chi connectivity index (χ3n) is 3.35. The van der Waals surface area contributed by atoms with Crippen LogP contribution in [0.25, 0.3) is 0 Å². The minimum absolute atomic E-state index is 0.315. The van der Waals surface area contributed by atoms with Gasteiger partial charge in [-0.15, -0.1) is 0 Å². The fourth-order valence-corrected chi connectivity index (χ4v) is 2.26. The molecule has 1 aliphatic heterocycles. The molecule has 2 aliphatic rings. The molecule has 1 saturated carbocycles. The number of ketones is 1. The van der Waals surface area contributed by atoms with E-state index in [0.29, 0.717) is 11.3 Å². The lowest BCUT2D eigenvalue weighted by Gasteiger charge is -2.51. The summed E-state index contributed by atoms with van der Waals surface area (Å²) in [5.74, 6) is 0.475. The number of rotatable bonds is 0. The maximum atomic E-state index is 11.2. The number of hydrogen-bond acceptors (Lipinski definition) is 2. The van der Waals surface area contributed by atoms with E-state index in [0.717, 1.165) is 19.4 Å². The second-order valence-electron chi connectivity index (χ2n) is 3.96. The molecular weight excluding hydrogens is 138 g/mol. The standard InChI is InChI=1S/C9H15NO/c1-10-6-3-8(11)7-9(10)4-2-5-9/h2-7H2,1H3. The molecule has 2 heteroatoms. The molecule has 2 rings (SSSR count). The normalized spacial score (nSPS) is 30.5. The summed E-state index contributed by atoms with van der Waals surface area (Å²) in [4.78, 5) is 13.6. The highest BCUT2D eigenvalue weighted by atomic mass is 16.1. The maximum absolute atomic E-state index is 11.2. The molecule has 0 N–H and O–H groups in total. The Bertz CT molecular complexity index is 184. The van der Waals surface area contributed by atoms with Crippen molar-refractivity contribution >= 4 is 5.78 Å². The zero-order chi connectivity index (χ0) is 7.90. The summed E-state index contributed by atoms with van der Waals surface area (Å²) in [6, 6.07) is 0. The van der Waals surface area contributed by atoms with Gasteiger partial charge in [-0.2, -0.15) is 0 Å². The van der Waals surface area contributed by atoms with Crippen LogP contribution >= 0.6 is 0 Å². The van der Waals surface area contributed by atoms with Crippen LogP contribution < -0.4 is 0 Å². The predicted octanol–water partition coefficient (Wildman–Crippen LogP) is 1.20. The van der Waals surface area contributed by atoms with Gasteiger partial charge in [0.2, 0.25) is 0 Å². The molecule has 0 unspecified atom stereocenters. The van der Waals surface area contributed by atoms with Crippen molar-refractivity contribution < 1.29 is 4.79 Å². The molecule has 0 bridgehead atoms. The molecule has 11 heavy (non-hydrogen) atoms. The molecule has 1 aliphatic carbocycles. The molecule has 2 nitrogen and oxygen atoms in total. The van der Waals surface area contributed by atoms with E-state index in [1.54, 1.807) is 0 Å². The minimum Gasteiger partial charge on any atom is -0.300 e. The molecule has 62 valence electrons. The molecule has 1 spiro atoms. The lowest BCUT2D eigenvalue weighted by atomic mass is 9.70. The number of hydrogen-bond donors (Lipinski definition) is 0. The fraction of sp³-hybridized carbons (Fsp3) is 0.889. The van der Waals surface area contributed by atoms with Gasteiger partial charge in [-0.3, -0.25) is 9.69 Å². The van der Waals surface area contributed by atoms with Crippen molar-refractivity contribution in [3.8, 4) is 0 Å². The van der Waals surface area contributed by atoms with Gasteiger partial charge >= 0.3 is 0 Å². The summed E-state index contributed by atoms with van der Waals surface area (Å²) < 4.78 is 0. The second kappa shape index (κ2) is 2.31. The number of Topliss-reactive ketones (excluding diaryl/α,β-unsaturated/α-hetero) is 1. The molecule has 0 radical (unpaired) electrons. The van der Waals surface area contributed by atoms with Gasteiger partial charge in [0.25, 0.3) is 0 Å². The summed E-state index contributed by atoms with van der Waals surface area (Å²) >= 11 is 0. The van der Waals surface area contributed by atoms with E-state index < -0.39 is 0 Å². The summed E-state index contributed by atoms with van der Waals surface area (Å²) in [7, 11) is 2.16. The van der Waals surface area contributed by atoms with Crippen molar-refractivity contribution in [2.75, 3.05) is 13.6 Å². The molecule has 0 amide bonds. The van der Waals surface area contributed by atoms with Crippen LogP contribution in [-0.4, -0.2) is 29.8 Å². The van der Waals surface area contributed by atoms with Crippen LogP contribution in [0.1, 0.15) is 32.1 Å². The fourth-order valence-electron chi connectivity index (χ4n) is 2.26. The first-order chi connectivity index (χ1) is 5.23. The van der Waals surface area contributed by atoms with E-state index in [4.69, 9.17) is 0 Å². The van der Waals surface area contributed by atoms with Crippen LogP contribution in [0, 0.1) is 0 Å². The highest BCUT2D eigenvalue weighted by Crippen LogP contribution is 2.42. The Balaban J connectivity index is 2.10. The first-order valence-corrected chi connectivity index (χ1v) is 4.46. The number of likely N-dealkylation sites (tertiary alicyclic amines) is 1. The van der Waals surface area contributed by atoms with Crippen molar-refractivity contribution in [3.63, 3.8) is 0 Å². The van der Waals surface area contributed by atoms with E-state index >= 15 is 0 Å². The summed E-state index contributed by atoms with van der Waals surface area (Å²) in [6.07, 6.45) is 5.41. The van der Waals surface area contributed by atoms with Gasteiger partial charge in [-0.1, -0.05) is 0 Å². The summed E-state index contributed by atoms with van der Waals surface area (Å²) in [6.45, 7) is 0.985. The van der Waals surface area contributed by atoms with Crippen LogP contribution in [0.2, 0.25) is 0 Å². The van der Waals surface area contributed by atoms with Crippen LogP contribution in [0.15, 0.2) is 0 Å². The number of carbonyl (C=O) groups is 1. The molecule has 2 fully saturated rings. The van der Waals surface area contributed by atoms with E-state index in [1.165, 1.54) is 19.3 Å². The Kier molecular flexibility index (Phi) is 1.53. The van der Waals surface area contributed by atoms with Crippen molar-refractivity contribution in [3.05, 3.63) is 0 Å². The first-order valence-electron chi connectivity index (χ1n) is 4.46. The van der Waals surface area contributed by atoms with Crippen LogP contribution in [0.5, 0.6) is 0 Å². The van der Waals surface area contributed by atoms with Gasteiger partial charge in [0.15, 0.2) is 0 Å². The predicted molar refractivity (Wildman–Crippen MR) is 43.5 cm³/mol. The van der Waals surface area contributed by atoms with Gasteiger partial charge in [-0.05, 0) is 26.3 Å². The van der Waals surface area contributed by atoms with Gasteiger partial charge < -0.3 is 0 Å². The average molecular weight is 153 g/mol. The highest BCUT2D eigenvalue weighted by Gasteiger charge is 2.44. The van der Waals surface area contributed by atoms with Crippen molar-refractivity contribution in [1.82, 2.24) is 4.90 Å². The van der Waals surface area contributed by atoms with E-state index in [-0.39, 0.29) is 0 Å². The molecule has 1 heterocycles. The Morgan fingerprint density at radius 3 is 2.64 bits per heavy atom. The number of piperidine rings is 1. The molecule has 0 aromatic rings. The quantitative estimate of drug-likeness (QED) is 0.521. The van der Waals surface area contributed by atoms with E-state index in [1.807, 2.05) is 0 Å². The van der Waals surface area contributed by atoms with E-state index in [9.17, 15) is 4.79 Å². The van der Waals surface area contributed by atoms with Crippen molar-refractivity contribution in [2.24, 2.45) is 0 Å². The van der Waals surface area contributed by atoms with Crippen LogP contribution in [0.3, 0.4) is 0 Å². The van der Waals surface area contributed by atoms with E-state index in [2.05, 4.69) is 11.9 Å². The zero-order valence-electron chi connectivity index (χ0n) is 7.10. The van der Waals surface area contributed by atoms with Gasteiger partial charge in [0.05, 0.1) is 0 Å². The molecular formula is C9H15NO. The Hall–Kier alpha value is -0.370. The van der Waals surface area contributed by atoms with Crippen molar-refractivity contribution in [2.45, 2.75) is 37.6 Å². The molecule has 0 atom stereocenters. The summed E-state index contributed by atoms with van der Waals surface area (Å²) in [5.41, 5.74) is 0.315. The van der Waals surface area contributed by atoms with Crippen LogP contribution in [0.4, 0.5) is 0 Å². The SMILES string of the molecule is CN1CCC(=O)CC12CCC2. The number of carbonyl (C=O) groups excluding carboxylic acids is 1. The largest absolute Gasteiger partial charge is 0.300 e. The zero-order valence-corrected chi connectivity index (χ0v) is 7.10. The lowest BCUT2D eigenvalue weighted by Crippen LogP contribution is -2.56. The monoisotopic (exact) mass is 153 g/mol. The topological polar surface area (TPSA) is 20.3 Å². The first kappa shape index (κ1) is 7.29.